The third-order valence-electron chi connectivity index (χ3n) is 4.11. The molecule has 1 amide bonds. The van der Waals surface area contributed by atoms with Crippen LogP contribution in [0.5, 0.6) is 0 Å². The van der Waals surface area contributed by atoms with Crippen molar-refractivity contribution >= 4 is 28.2 Å². The number of thiazole rings is 1. The van der Waals surface area contributed by atoms with Crippen LogP contribution in [0.4, 0.5) is 10.9 Å². The molecule has 1 aromatic rings. The first-order valence-electron chi connectivity index (χ1n) is 7.42. The van der Waals surface area contributed by atoms with Crippen molar-refractivity contribution in [3.63, 3.8) is 0 Å². The van der Waals surface area contributed by atoms with Crippen molar-refractivity contribution in [2.75, 3.05) is 24.6 Å². The lowest BCUT2D eigenvalue weighted by Crippen LogP contribution is -2.31. The molecule has 0 unspecified atom stereocenters. The van der Waals surface area contributed by atoms with Crippen molar-refractivity contribution in [3.05, 3.63) is 4.88 Å². The van der Waals surface area contributed by atoms with Gasteiger partial charge in [0.25, 0.3) is 5.91 Å². The number of nitrogens with one attached hydrogen (secondary N) is 1. The topological polar surface area (TPSA) is 71.2 Å². The Morgan fingerprint density at radius 1 is 1.40 bits per heavy atom. The highest BCUT2D eigenvalue weighted by atomic mass is 32.1. The van der Waals surface area contributed by atoms with Gasteiger partial charge in [-0.05, 0) is 31.6 Å². The Kier molecular flexibility index (Phi) is 3.83. The summed E-state index contributed by atoms with van der Waals surface area (Å²) < 4.78 is 0. The van der Waals surface area contributed by atoms with Crippen LogP contribution in [0, 0.1) is 5.92 Å². The zero-order valence-corrected chi connectivity index (χ0v) is 12.7. The highest BCUT2D eigenvalue weighted by molar-refractivity contribution is 7.18. The predicted octanol–water partition coefficient (Wildman–Crippen LogP) is 2.56. The molecule has 6 heteroatoms. The lowest BCUT2D eigenvalue weighted by molar-refractivity contribution is 0.0779. The Morgan fingerprint density at radius 2 is 2.10 bits per heavy atom. The average molecular weight is 294 g/mol. The van der Waals surface area contributed by atoms with Gasteiger partial charge in [-0.2, -0.15) is 0 Å². The Labute approximate surface area is 123 Å². The van der Waals surface area contributed by atoms with Crippen molar-refractivity contribution in [1.29, 1.82) is 0 Å². The molecule has 0 radical (unpaired) electrons. The number of nitrogens with two attached hydrogens (primary N) is 1. The lowest BCUT2D eigenvalue weighted by Gasteiger charge is -2.20. The molecule has 0 spiro atoms. The fourth-order valence-corrected chi connectivity index (χ4v) is 3.74. The van der Waals surface area contributed by atoms with Crippen LogP contribution in [0.3, 0.4) is 0 Å². The quantitative estimate of drug-likeness (QED) is 0.875. The summed E-state index contributed by atoms with van der Waals surface area (Å²) in [5.74, 6) is 1.03. The monoisotopic (exact) mass is 294 g/mol. The van der Waals surface area contributed by atoms with Gasteiger partial charge in [-0.15, -0.1) is 0 Å². The molecular formula is C14H22N4OS. The smallest absolute Gasteiger partial charge is 0.267 e. The maximum atomic E-state index is 12.5. The van der Waals surface area contributed by atoms with E-state index in [1.165, 1.54) is 49.9 Å². The molecule has 0 aliphatic heterocycles. The second-order valence-electron chi connectivity index (χ2n) is 5.99. The van der Waals surface area contributed by atoms with Gasteiger partial charge in [0.15, 0.2) is 5.13 Å². The van der Waals surface area contributed by atoms with Crippen molar-refractivity contribution in [2.24, 2.45) is 5.92 Å². The van der Waals surface area contributed by atoms with Crippen LogP contribution in [0.1, 0.15) is 48.2 Å². The van der Waals surface area contributed by atoms with Crippen molar-refractivity contribution in [2.45, 2.75) is 44.6 Å². The van der Waals surface area contributed by atoms with E-state index in [0.717, 1.165) is 11.7 Å². The zero-order valence-electron chi connectivity index (χ0n) is 11.9. The molecule has 2 fully saturated rings. The second kappa shape index (κ2) is 5.60. The van der Waals surface area contributed by atoms with E-state index >= 15 is 0 Å². The van der Waals surface area contributed by atoms with Crippen molar-refractivity contribution in [3.8, 4) is 0 Å². The van der Waals surface area contributed by atoms with Gasteiger partial charge in [0, 0.05) is 19.6 Å². The minimum atomic E-state index is 0.00995. The normalized spacial score (nSPS) is 19.2. The lowest BCUT2D eigenvalue weighted by atomic mass is 10.1. The van der Waals surface area contributed by atoms with Crippen LogP contribution in [-0.2, 0) is 0 Å². The maximum absolute atomic E-state index is 12.5. The van der Waals surface area contributed by atoms with Gasteiger partial charge in [0.2, 0.25) is 0 Å². The summed E-state index contributed by atoms with van der Waals surface area (Å²) in [4.78, 5) is 19.1. The largest absolute Gasteiger partial charge is 0.382 e. The van der Waals surface area contributed by atoms with Crippen LogP contribution in [0.25, 0.3) is 0 Å². The third-order valence-corrected chi connectivity index (χ3v) is 5.10. The van der Waals surface area contributed by atoms with Crippen LogP contribution in [-0.4, -0.2) is 35.4 Å². The number of rotatable bonds is 5. The Morgan fingerprint density at radius 3 is 2.75 bits per heavy atom. The number of carbonyl (C=O) groups excluding carboxylic acids is 1. The SMILES string of the molecule is CN(CC1CCCC1)C(=O)c1sc(NC2CC2)nc1N. The number of anilines is 2. The second-order valence-corrected chi connectivity index (χ2v) is 6.99. The number of hydrogen-bond donors (Lipinski definition) is 2. The fourth-order valence-electron chi connectivity index (χ4n) is 2.79. The first-order valence-corrected chi connectivity index (χ1v) is 8.23. The summed E-state index contributed by atoms with van der Waals surface area (Å²) in [5.41, 5.74) is 5.90. The molecule has 0 bridgehead atoms. The third kappa shape index (κ3) is 3.06. The summed E-state index contributed by atoms with van der Waals surface area (Å²) in [7, 11) is 1.87. The summed E-state index contributed by atoms with van der Waals surface area (Å²) in [6.07, 6.45) is 7.44. The molecule has 1 aromatic heterocycles. The number of aromatic nitrogens is 1. The van der Waals surface area contributed by atoms with E-state index in [0.29, 0.717) is 22.7 Å². The molecule has 0 saturated heterocycles. The van der Waals surface area contributed by atoms with Gasteiger partial charge in [-0.3, -0.25) is 4.79 Å². The maximum Gasteiger partial charge on any atom is 0.267 e. The molecule has 0 atom stereocenters. The Balaban J connectivity index is 1.63. The van der Waals surface area contributed by atoms with E-state index < -0.39 is 0 Å². The summed E-state index contributed by atoms with van der Waals surface area (Å²) in [6, 6.07) is 0.528. The van der Waals surface area contributed by atoms with Crippen LogP contribution < -0.4 is 11.1 Å². The van der Waals surface area contributed by atoms with E-state index in [2.05, 4.69) is 10.3 Å². The first kappa shape index (κ1) is 13.7. The van der Waals surface area contributed by atoms with Crippen LogP contribution >= 0.6 is 11.3 Å². The summed E-state index contributed by atoms with van der Waals surface area (Å²) >= 11 is 1.38. The van der Waals surface area contributed by atoms with E-state index in [1.807, 2.05) is 7.05 Å². The van der Waals surface area contributed by atoms with Gasteiger partial charge in [-0.25, -0.2) is 4.98 Å². The van der Waals surface area contributed by atoms with Gasteiger partial charge >= 0.3 is 0 Å². The number of nitrogen functional groups attached to an aromatic ring is 1. The highest BCUT2D eigenvalue weighted by Gasteiger charge is 2.26. The first-order chi connectivity index (χ1) is 9.63. The van der Waals surface area contributed by atoms with Crippen molar-refractivity contribution in [1.82, 2.24) is 9.88 Å². The molecular weight excluding hydrogens is 272 g/mol. The van der Waals surface area contributed by atoms with E-state index in [9.17, 15) is 4.79 Å². The summed E-state index contributed by atoms with van der Waals surface area (Å²) in [5, 5.41) is 4.08. The van der Waals surface area contributed by atoms with Crippen LogP contribution in [0.15, 0.2) is 0 Å². The Hall–Kier alpha value is -1.30. The number of nitrogens with zero attached hydrogens (tertiary/aromatic N) is 2. The summed E-state index contributed by atoms with van der Waals surface area (Å²) in [6.45, 7) is 0.835. The van der Waals surface area contributed by atoms with Gasteiger partial charge < -0.3 is 16.0 Å². The molecule has 2 aliphatic rings. The molecule has 3 rings (SSSR count). The number of carbonyl (C=O) groups is 1. The molecule has 3 N–H and O–H groups in total. The van der Waals surface area contributed by atoms with Gasteiger partial charge in [0.05, 0.1) is 0 Å². The molecule has 2 aliphatic carbocycles. The highest BCUT2D eigenvalue weighted by Crippen LogP contribution is 2.32. The Bertz CT molecular complexity index is 491. The van der Waals surface area contributed by atoms with Gasteiger partial charge in [-0.1, -0.05) is 24.2 Å². The average Bonchev–Trinajstić information content (AvgIpc) is 2.93. The minimum Gasteiger partial charge on any atom is -0.382 e. The van der Waals surface area contributed by atoms with Gasteiger partial charge in [0.1, 0.15) is 10.7 Å². The molecule has 5 nitrogen and oxygen atoms in total. The minimum absolute atomic E-state index is 0.00995. The standard InChI is InChI=1S/C14H22N4OS/c1-18(8-9-4-2-3-5-9)13(19)11-12(15)17-14(20-11)16-10-6-7-10/h9-10H,2-8,15H2,1H3,(H,16,17). The van der Waals surface area contributed by atoms with E-state index in [4.69, 9.17) is 5.73 Å². The molecule has 0 aromatic carbocycles. The van der Waals surface area contributed by atoms with E-state index in [1.54, 1.807) is 4.90 Å². The molecule has 1 heterocycles. The fraction of sp³-hybridized carbons (Fsp3) is 0.714. The molecule has 110 valence electrons. The molecule has 20 heavy (non-hydrogen) atoms. The molecule has 2 saturated carbocycles. The predicted molar refractivity (Wildman–Crippen MR) is 82.1 cm³/mol. The zero-order chi connectivity index (χ0) is 14.1. The van der Waals surface area contributed by atoms with Crippen LogP contribution in [0.2, 0.25) is 0 Å². The van der Waals surface area contributed by atoms with E-state index in [-0.39, 0.29) is 5.91 Å². The number of amides is 1. The van der Waals surface area contributed by atoms with Crippen molar-refractivity contribution < 1.29 is 4.79 Å². The number of hydrogen-bond acceptors (Lipinski definition) is 5.